The summed E-state index contributed by atoms with van der Waals surface area (Å²) in [5.74, 6) is -0.619. The van der Waals surface area contributed by atoms with Gasteiger partial charge in [0.05, 0.1) is 42.2 Å². The molecule has 45 heavy (non-hydrogen) atoms. The molecule has 0 bridgehead atoms. The molecule has 1 N–H and O–H groups in total. The Morgan fingerprint density at radius 1 is 0.956 bits per heavy atom. The molecule has 11 nitrogen and oxygen atoms in total. The minimum Gasteiger partial charge on any atom is -0.378 e. The highest BCUT2D eigenvalue weighted by molar-refractivity contribution is 6.02. The van der Waals surface area contributed by atoms with Gasteiger partial charge in [-0.15, -0.1) is 5.10 Å². The third-order valence-corrected chi connectivity index (χ3v) is 8.45. The zero-order valence-corrected chi connectivity index (χ0v) is 24.9. The van der Waals surface area contributed by atoms with Gasteiger partial charge in [0, 0.05) is 37.3 Å². The van der Waals surface area contributed by atoms with Crippen molar-refractivity contribution < 1.29 is 19.1 Å². The fourth-order valence-corrected chi connectivity index (χ4v) is 6.09. The van der Waals surface area contributed by atoms with Gasteiger partial charge in [-0.2, -0.15) is 0 Å². The summed E-state index contributed by atoms with van der Waals surface area (Å²) >= 11 is 0. The fraction of sp³-hybridized carbons (Fsp3) is 0.324. The number of pyridine rings is 1. The predicted molar refractivity (Wildman–Crippen MR) is 171 cm³/mol. The number of rotatable bonds is 9. The Labute approximate surface area is 260 Å². The van der Waals surface area contributed by atoms with Crippen LogP contribution >= 0.6 is 0 Å². The van der Waals surface area contributed by atoms with Gasteiger partial charge in [-0.05, 0) is 54.8 Å². The number of para-hydroxylation sites is 2. The number of nitrogens with one attached hydrogen (secondary N) is 1. The molecular formula is C34H35N7O4. The number of benzene rings is 3. The molecule has 0 unspecified atom stereocenters. The summed E-state index contributed by atoms with van der Waals surface area (Å²) in [4.78, 5) is 37.2. The number of carbonyl (C=O) groups excluding carboxylic acids is 2. The van der Waals surface area contributed by atoms with Crippen LogP contribution in [0.5, 0.6) is 0 Å². The van der Waals surface area contributed by atoms with E-state index in [0.29, 0.717) is 43.1 Å². The molecule has 2 aromatic heterocycles. The quantitative estimate of drug-likeness (QED) is 0.269. The average Bonchev–Trinajstić information content (AvgIpc) is 3.77. The largest absolute Gasteiger partial charge is 0.378 e. The second-order valence-electron chi connectivity index (χ2n) is 11.4. The van der Waals surface area contributed by atoms with Crippen LogP contribution in [0.2, 0.25) is 0 Å². The summed E-state index contributed by atoms with van der Waals surface area (Å²) in [6, 6.07) is 24.0. The highest BCUT2D eigenvalue weighted by Crippen LogP contribution is 2.32. The van der Waals surface area contributed by atoms with Gasteiger partial charge in [0.25, 0.3) is 0 Å². The van der Waals surface area contributed by atoms with Crippen LogP contribution in [0.1, 0.15) is 24.4 Å². The number of carbonyl (C=O) groups is 2. The molecule has 7 rings (SSSR count). The smallest absolute Gasteiger partial charge is 0.249 e. The first kappa shape index (κ1) is 28.9. The van der Waals surface area contributed by atoms with E-state index in [2.05, 4.69) is 25.5 Å². The van der Waals surface area contributed by atoms with Crippen molar-refractivity contribution in [1.82, 2.24) is 25.3 Å². The number of nitrogens with zero attached hydrogens (tertiary/aromatic N) is 6. The number of morpholine rings is 1. The predicted octanol–water partition coefficient (Wildman–Crippen LogP) is 3.89. The maximum atomic E-state index is 14.5. The van der Waals surface area contributed by atoms with E-state index < -0.39 is 6.04 Å². The highest BCUT2D eigenvalue weighted by Gasteiger charge is 2.34. The monoisotopic (exact) mass is 605 g/mol. The van der Waals surface area contributed by atoms with E-state index in [1.54, 1.807) is 15.8 Å². The Hall–Kier alpha value is -4.87. The van der Waals surface area contributed by atoms with Gasteiger partial charge in [0.1, 0.15) is 18.1 Å². The minimum atomic E-state index is -0.976. The summed E-state index contributed by atoms with van der Waals surface area (Å²) in [6.07, 6.45) is 3.45. The molecule has 0 aliphatic carbocycles. The maximum Gasteiger partial charge on any atom is 0.249 e. The summed E-state index contributed by atoms with van der Waals surface area (Å²) in [6.45, 7) is 3.87. The van der Waals surface area contributed by atoms with Crippen molar-refractivity contribution in [3.8, 4) is 0 Å². The fourth-order valence-electron chi connectivity index (χ4n) is 6.09. The van der Waals surface area contributed by atoms with Crippen molar-refractivity contribution >= 4 is 45.1 Å². The lowest BCUT2D eigenvalue weighted by atomic mass is 10.0. The molecule has 11 heteroatoms. The lowest BCUT2D eigenvalue weighted by molar-refractivity contribution is -0.127. The molecule has 0 spiro atoms. The van der Waals surface area contributed by atoms with Gasteiger partial charge in [-0.3, -0.25) is 19.5 Å². The van der Waals surface area contributed by atoms with Crippen LogP contribution in [0, 0.1) is 0 Å². The van der Waals surface area contributed by atoms with Gasteiger partial charge in [-0.25, -0.2) is 4.68 Å². The summed E-state index contributed by atoms with van der Waals surface area (Å²) < 4.78 is 12.9. The number of fused-ring (bicyclic) bond motifs is 2. The van der Waals surface area contributed by atoms with Gasteiger partial charge < -0.3 is 19.7 Å². The van der Waals surface area contributed by atoms with E-state index in [9.17, 15) is 9.59 Å². The molecule has 2 fully saturated rings. The number of anilines is 2. The molecule has 4 heterocycles. The number of aromatic nitrogens is 4. The second kappa shape index (κ2) is 13.0. The molecule has 3 aromatic carbocycles. The van der Waals surface area contributed by atoms with Crippen molar-refractivity contribution in [3.63, 3.8) is 0 Å². The van der Waals surface area contributed by atoms with E-state index in [1.807, 2.05) is 78.9 Å². The molecule has 2 aliphatic rings. The number of hydrogen-bond acceptors (Lipinski definition) is 8. The first-order valence-corrected chi connectivity index (χ1v) is 15.4. The topological polar surface area (TPSA) is 115 Å². The third-order valence-electron chi connectivity index (χ3n) is 8.45. The molecule has 230 valence electrons. The van der Waals surface area contributed by atoms with Crippen molar-refractivity contribution in [2.45, 2.75) is 31.5 Å². The molecule has 2 amide bonds. The van der Waals surface area contributed by atoms with Crippen LogP contribution in [0.4, 0.5) is 11.4 Å². The van der Waals surface area contributed by atoms with Crippen LogP contribution in [0.25, 0.3) is 21.9 Å². The molecule has 0 saturated carbocycles. The maximum absolute atomic E-state index is 14.5. The van der Waals surface area contributed by atoms with E-state index in [-0.39, 0.29) is 24.5 Å². The molecular weight excluding hydrogens is 570 g/mol. The summed E-state index contributed by atoms with van der Waals surface area (Å²) in [7, 11) is 0. The lowest BCUT2D eigenvalue weighted by Crippen LogP contribution is -2.46. The van der Waals surface area contributed by atoms with Crippen molar-refractivity contribution in [2.24, 2.45) is 0 Å². The van der Waals surface area contributed by atoms with Crippen LogP contribution < -0.4 is 15.1 Å². The summed E-state index contributed by atoms with van der Waals surface area (Å²) in [5, 5.41) is 12.4. The average molecular weight is 606 g/mol. The SMILES string of the molecule is O=C(NC[C@@H]1CCCO1)[C@H](c1ccc(N2CCOCC2)cc1)N(C(=O)Cn1nnc2ccccc21)c1cnc2ccccc2c1. The van der Waals surface area contributed by atoms with Crippen molar-refractivity contribution in [1.29, 1.82) is 0 Å². The number of hydrogen-bond donors (Lipinski definition) is 1. The van der Waals surface area contributed by atoms with Gasteiger partial charge in [0.2, 0.25) is 11.8 Å². The molecule has 5 aromatic rings. The second-order valence-corrected chi connectivity index (χ2v) is 11.4. The van der Waals surface area contributed by atoms with Crippen LogP contribution in [-0.2, 0) is 25.6 Å². The first-order chi connectivity index (χ1) is 22.1. The molecule has 2 atom stereocenters. The van der Waals surface area contributed by atoms with Gasteiger partial charge in [0.15, 0.2) is 0 Å². The third kappa shape index (κ3) is 6.22. The van der Waals surface area contributed by atoms with E-state index in [0.717, 1.165) is 48.0 Å². The highest BCUT2D eigenvalue weighted by atomic mass is 16.5. The Morgan fingerprint density at radius 3 is 2.53 bits per heavy atom. The zero-order valence-electron chi connectivity index (χ0n) is 24.9. The van der Waals surface area contributed by atoms with E-state index in [1.165, 1.54) is 0 Å². The van der Waals surface area contributed by atoms with Gasteiger partial charge in [-0.1, -0.05) is 47.7 Å². The Morgan fingerprint density at radius 2 is 1.73 bits per heavy atom. The van der Waals surface area contributed by atoms with Crippen molar-refractivity contribution in [2.75, 3.05) is 49.3 Å². The summed E-state index contributed by atoms with van der Waals surface area (Å²) in [5.41, 5.74) is 4.45. The standard InChI is InChI=1S/C34H35N7O4/c42-32(23-40-31-10-4-3-9-30(31)37-38-40)41(27-20-25-6-1-2-8-29(25)35-21-27)33(34(43)36-22-28-7-5-17-45-28)24-11-13-26(14-12-24)39-15-18-44-19-16-39/h1-4,6,8-14,20-21,28,33H,5,7,15-19,22-23H2,(H,36,43)/t28-,33-/m0/s1. The van der Waals surface area contributed by atoms with Crippen LogP contribution in [-0.4, -0.2) is 77.4 Å². The van der Waals surface area contributed by atoms with Crippen molar-refractivity contribution in [3.05, 3.63) is 90.6 Å². The zero-order chi connectivity index (χ0) is 30.6. The Bertz CT molecular complexity index is 1800. The molecule has 2 saturated heterocycles. The van der Waals surface area contributed by atoms with Gasteiger partial charge >= 0.3 is 0 Å². The molecule has 2 aliphatic heterocycles. The normalized spacial score (nSPS) is 17.4. The Kier molecular flexibility index (Phi) is 8.35. The minimum absolute atomic E-state index is 0.0497. The number of ether oxygens (including phenoxy) is 2. The Balaban J connectivity index is 1.29. The lowest BCUT2D eigenvalue weighted by Gasteiger charge is -2.33. The van der Waals surface area contributed by atoms with Crippen LogP contribution in [0.15, 0.2) is 85.1 Å². The van der Waals surface area contributed by atoms with E-state index in [4.69, 9.17) is 9.47 Å². The van der Waals surface area contributed by atoms with E-state index >= 15 is 0 Å². The molecule has 0 radical (unpaired) electrons. The number of amides is 2. The van der Waals surface area contributed by atoms with Crippen LogP contribution in [0.3, 0.4) is 0 Å². The first-order valence-electron chi connectivity index (χ1n) is 15.4.